The molecule has 2 aliphatic heterocycles. The van der Waals surface area contributed by atoms with Gasteiger partial charge in [-0.2, -0.15) is 0 Å². The van der Waals surface area contributed by atoms with Crippen LogP contribution in [0.25, 0.3) is 0 Å². The molecule has 2 heterocycles. The maximum absolute atomic E-state index is 12.2. The number of carbonyl (C=O) groups is 1. The van der Waals surface area contributed by atoms with E-state index in [2.05, 4.69) is 4.90 Å². The van der Waals surface area contributed by atoms with Crippen molar-refractivity contribution in [3.63, 3.8) is 0 Å². The van der Waals surface area contributed by atoms with Gasteiger partial charge in [-0.25, -0.2) is 13.2 Å². The lowest BCUT2D eigenvalue weighted by Gasteiger charge is -2.41. The van der Waals surface area contributed by atoms with Crippen LogP contribution in [0, 0.1) is 11.8 Å². The first-order chi connectivity index (χ1) is 13.2. The molecule has 0 aliphatic carbocycles. The monoisotopic (exact) mass is 408 g/mol. The molecule has 1 amide bonds. The molecule has 1 aromatic rings. The Morgan fingerprint density at radius 2 is 1.43 bits per heavy atom. The molecule has 0 saturated carbocycles. The summed E-state index contributed by atoms with van der Waals surface area (Å²) in [6, 6.07) is 7.17. The summed E-state index contributed by atoms with van der Waals surface area (Å²) in [4.78, 5) is 16.8. The Labute approximate surface area is 169 Å². The number of benzene rings is 1. The zero-order chi connectivity index (χ0) is 20.3. The number of ether oxygens (including phenoxy) is 1. The van der Waals surface area contributed by atoms with E-state index in [9.17, 15) is 13.2 Å². The van der Waals surface area contributed by atoms with Gasteiger partial charge in [0.25, 0.3) is 0 Å². The maximum atomic E-state index is 12.2. The van der Waals surface area contributed by atoms with E-state index in [1.165, 1.54) is 0 Å². The highest BCUT2D eigenvalue weighted by Gasteiger charge is 2.32. The molecule has 1 aromatic carbocycles. The first-order valence-electron chi connectivity index (χ1n) is 10.2. The van der Waals surface area contributed by atoms with Gasteiger partial charge in [0.1, 0.15) is 5.60 Å². The van der Waals surface area contributed by atoms with Crippen molar-refractivity contribution in [3.05, 3.63) is 24.3 Å². The lowest BCUT2D eigenvalue weighted by Crippen LogP contribution is -2.44. The van der Waals surface area contributed by atoms with E-state index >= 15 is 0 Å². The molecule has 2 aliphatic rings. The van der Waals surface area contributed by atoms with Gasteiger partial charge < -0.3 is 14.5 Å². The fourth-order valence-corrected chi connectivity index (χ4v) is 4.69. The van der Waals surface area contributed by atoms with Crippen LogP contribution in [0.2, 0.25) is 0 Å². The van der Waals surface area contributed by atoms with Crippen LogP contribution >= 0.6 is 0 Å². The molecule has 2 saturated heterocycles. The van der Waals surface area contributed by atoms with E-state index in [0.29, 0.717) is 16.7 Å². The van der Waals surface area contributed by atoms with E-state index in [4.69, 9.17) is 4.74 Å². The van der Waals surface area contributed by atoms with Crippen LogP contribution in [-0.4, -0.2) is 51.2 Å². The number of rotatable bonds is 3. The third kappa shape index (κ3) is 5.40. The molecule has 0 aromatic heterocycles. The normalized spacial score (nSPS) is 19.9. The summed E-state index contributed by atoms with van der Waals surface area (Å²) in [6.45, 7) is 9.28. The second-order valence-corrected chi connectivity index (χ2v) is 9.93. The second-order valence-electron chi connectivity index (χ2n) is 8.90. The lowest BCUT2D eigenvalue weighted by atomic mass is 9.79. The van der Waals surface area contributed by atoms with Crippen molar-refractivity contribution in [2.24, 2.45) is 11.8 Å². The number of piperidine rings is 2. The van der Waals surface area contributed by atoms with Crippen LogP contribution in [0.1, 0.15) is 46.5 Å². The van der Waals surface area contributed by atoms with E-state index in [1.54, 1.807) is 12.1 Å². The highest BCUT2D eigenvalue weighted by molar-refractivity contribution is 7.72. The van der Waals surface area contributed by atoms with E-state index in [1.807, 2.05) is 37.8 Å². The largest absolute Gasteiger partial charge is 0.444 e. The molecule has 0 radical (unpaired) electrons. The van der Waals surface area contributed by atoms with Gasteiger partial charge in [-0.05, 0) is 82.6 Å². The smallest absolute Gasteiger partial charge is 0.410 e. The Balaban J connectivity index is 1.46. The average molecular weight is 409 g/mol. The van der Waals surface area contributed by atoms with Crippen molar-refractivity contribution in [3.8, 4) is 0 Å². The molecule has 7 heteroatoms. The van der Waals surface area contributed by atoms with Crippen molar-refractivity contribution >= 4 is 22.5 Å². The quantitative estimate of drug-likeness (QED) is 0.775. The summed E-state index contributed by atoms with van der Waals surface area (Å²) in [7, 11) is -2.51. The number of thiol groups is 1. The van der Waals surface area contributed by atoms with Gasteiger partial charge in [0.15, 0.2) is 10.7 Å². The van der Waals surface area contributed by atoms with Crippen molar-refractivity contribution in [1.82, 2.24) is 4.90 Å². The van der Waals surface area contributed by atoms with Crippen molar-refractivity contribution in [2.75, 3.05) is 31.1 Å². The summed E-state index contributed by atoms with van der Waals surface area (Å²) in [5, 5.41) is 0. The van der Waals surface area contributed by atoms with Crippen LogP contribution in [0.3, 0.4) is 0 Å². The van der Waals surface area contributed by atoms with Gasteiger partial charge in [-0.3, -0.25) is 0 Å². The predicted molar refractivity (Wildman–Crippen MR) is 110 cm³/mol. The summed E-state index contributed by atoms with van der Waals surface area (Å²) in [5.74, 6) is 1.38. The third-order valence-electron chi connectivity index (χ3n) is 5.82. The van der Waals surface area contributed by atoms with Gasteiger partial charge in [-0.1, -0.05) is 0 Å². The minimum absolute atomic E-state index is 0.191. The maximum Gasteiger partial charge on any atom is 0.410 e. The number of anilines is 1. The number of hydrogen-bond acceptors (Lipinski definition) is 5. The van der Waals surface area contributed by atoms with Crippen LogP contribution in [0.5, 0.6) is 0 Å². The van der Waals surface area contributed by atoms with Gasteiger partial charge in [0.2, 0.25) is 0 Å². The molecule has 0 spiro atoms. The van der Waals surface area contributed by atoms with Gasteiger partial charge >= 0.3 is 6.09 Å². The first kappa shape index (κ1) is 21.0. The van der Waals surface area contributed by atoms with Gasteiger partial charge in [-0.15, -0.1) is 0 Å². The average Bonchev–Trinajstić information content (AvgIpc) is 2.67. The van der Waals surface area contributed by atoms with Crippen LogP contribution in [-0.2, 0) is 15.4 Å². The Hall–Kier alpha value is -1.76. The van der Waals surface area contributed by atoms with Crippen LogP contribution in [0.15, 0.2) is 29.2 Å². The molecular formula is C21H32N2O4S. The van der Waals surface area contributed by atoms with Gasteiger partial charge in [0, 0.05) is 31.9 Å². The Kier molecular flexibility index (Phi) is 6.53. The van der Waals surface area contributed by atoms with E-state index in [0.717, 1.165) is 57.5 Å². The summed E-state index contributed by atoms with van der Waals surface area (Å²) in [5.41, 5.74) is 0.654. The van der Waals surface area contributed by atoms with Crippen molar-refractivity contribution < 1.29 is 17.9 Å². The molecule has 28 heavy (non-hydrogen) atoms. The minimum Gasteiger partial charge on any atom is -0.444 e. The third-order valence-corrected chi connectivity index (χ3v) is 6.54. The molecule has 6 nitrogen and oxygen atoms in total. The van der Waals surface area contributed by atoms with E-state index in [-0.39, 0.29) is 6.09 Å². The number of hydrogen-bond donors (Lipinski definition) is 1. The Morgan fingerprint density at radius 1 is 0.929 bits per heavy atom. The fourth-order valence-electron chi connectivity index (χ4n) is 4.29. The number of carbonyl (C=O) groups excluding carboxylic acids is 1. The fraction of sp³-hybridized carbons (Fsp3) is 0.667. The zero-order valence-electron chi connectivity index (χ0n) is 17.1. The Morgan fingerprint density at radius 3 is 1.89 bits per heavy atom. The predicted octanol–water partition coefficient (Wildman–Crippen LogP) is 3.52. The molecule has 156 valence electrons. The number of likely N-dealkylation sites (tertiary alicyclic amines) is 1. The highest BCUT2D eigenvalue weighted by Crippen LogP contribution is 2.34. The SMILES string of the molecule is CC(C)(C)OC(=O)N1CCC(C2CCN(c3ccc([SH](=O)=O)cc3)CC2)CC1. The number of nitrogens with zero attached hydrogens (tertiary/aromatic N) is 2. The first-order valence-corrected chi connectivity index (χ1v) is 11.4. The molecule has 0 unspecified atom stereocenters. The molecule has 2 fully saturated rings. The molecule has 0 bridgehead atoms. The van der Waals surface area contributed by atoms with Crippen LogP contribution in [0.4, 0.5) is 10.5 Å². The Bertz CT molecular complexity index is 731. The van der Waals surface area contributed by atoms with E-state index < -0.39 is 16.3 Å². The van der Waals surface area contributed by atoms with Crippen molar-refractivity contribution in [2.45, 2.75) is 57.0 Å². The topological polar surface area (TPSA) is 66.9 Å². The van der Waals surface area contributed by atoms with Gasteiger partial charge in [0.05, 0.1) is 4.90 Å². The summed E-state index contributed by atoms with van der Waals surface area (Å²) >= 11 is 0. The summed E-state index contributed by atoms with van der Waals surface area (Å²) in [6.07, 6.45) is 4.21. The lowest BCUT2D eigenvalue weighted by molar-refractivity contribution is 0.0152. The molecule has 3 rings (SSSR count). The molecule has 0 atom stereocenters. The molecule has 0 N–H and O–H groups in total. The minimum atomic E-state index is -2.51. The van der Waals surface area contributed by atoms with Crippen molar-refractivity contribution in [1.29, 1.82) is 0 Å². The zero-order valence-corrected chi connectivity index (χ0v) is 18.0. The highest BCUT2D eigenvalue weighted by atomic mass is 32.2. The standard InChI is InChI=1S/C21H32N2O4S/c1-21(2,3)27-20(24)23-14-10-17(11-15-23)16-8-12-22(13-9-16)18-4-6-19(7-5-18)28(25)26/h4-7,16-17,28H,8-15H2,1-3H3. The molecular weight excluding hydrogens is 376 g/mol. The number of amides is 1. The van der Waals surface area contributed by atoms with Crippen LogP contribution < -0.4 is 4.90 Å². The summed E-state index contributed by atoms with van der Waals surface area (Å²) < 4.78 is 27.5. The second kappa shape index (κ2) is 8.72.